The summed E-state index contributed by atoms with van der Waals surface area (Å²) >= 11 is 0. The van der Waals surface area contributed by atoms with Crippen molar-refractivity contribution in [2.24, 2.45) is 0 Å². The second kappa shape index (κ2) is 9.82. The smallest absolute Gasteiger partial charge is 0.228 e. The van der Waals surface area contributed by atoms with Crippen molar-refractivity contribution in [3.05, 3.63) is 47.8 Å². The van der Waals surface area contributed by atoms with Gasteiger partial charge in [0.2, 0.25) is 15.0 Å². The van der Waals surface area contributed by atoms with Crippen molar-refractivity contribution in [3.63, 3.8) is 0 Å². The number of rotatable bonds is 11. The number of imidazole rings is 1. The van der Waals surface area contributed by atoms with Crippen molar-refractivity contribution in [1.82, 2.24) is 14.5 Å². The van der Waals surface area contributed by atoms with Crippen LogP contribution < -0.4 is 0 Å². The van der Waals surface area contributed by atoms with Gasteiger partial charge < -0.3 is 14.4 Å². The Bertz CT molecular complexity index is 775. The summed E-state index contributed by atoms with van der Waals surface area (Å²) in [5.41, 5.74) is 1.81. The van der Waals surface area contributed by atoms with E-state index in [9.17, 15) is 13.5 Å². The van der Waals surface area contributed by atoms with E-state index in [4.69, 9.17) is 4.74 Å². The number of methoxy groups -OCH3 is 1. The van der Waals surface area contributed by atoms with Crippen molar-refractivity contribution < 1.29 is 18.3 Å². The van der Waals surface area contributed by atoms with Gasteiger partial charge in [-0.3, -0.25) is 4.90 Å². The highest BCUT2D eigenvalue weighted by atomic mass is 32.2. The first kappa shape index (κ1) is 20.6. The molecule has 0 saturated heterocycles. The molecule has 0 saturated carbocycles. The molecule has 0 aliphatic heterocycles. The summed E-state index contributed by atoms with van der Waals surface area (Å²) in [7, 11) is -2.07. The van der Waals surface area contributed by atoms with E-state index < -0.39 is 9.84 Å². The fourth-order valence-electron chi connectivity index (χ4n) is 2.71. The second-order valence-electron chi connectivity index (χ2n) is 6.01. The van der Waals surface area contributed by atoms with Crippen LogP contribution in [0.2, 0.25) is 0 Å². The lowest BCUT2D eigenvalue weighted by Gasteiger charge is -2.20. The van der Waals surface area contributed by atoms with E-state index >= 15 is 0 Å². The SMILES string of the molecule is CCN(CCO)Cc1cnc(S(=O)(=O)CCOC)n1Cc1ccccc1. The molecule has 1 aromatic carbocycles. The fraction of sp³-hybridized carbons (Fsp3) is 0.500. The number of hydrogen-bond acceptors (Lipinski definition) is 6. The third-order valence-corrected chi connectivity index (χ3v) is 5.75. The third-order valence-electron chi connectivity index (χ3n) is 4.17. The van der Waals surface area contributed by atoms with Crippen LogP contribution in [0.1, 0.15) is 18.2 Å². The predicted octanol–water partition coefficient (Wildman–Crippen LogP) is 1.17. The number of sulfone groups is 1. The van der Waals surface area contributed by atoms with Gasteiger partial charge >= 0.3 is 0 Å². The number of hydrogen-bond donors (Lipinski definition) is 1. The topological polar surface area (TPSA) is 84.7 Å². The van der Waals surface area contributed by atoms with E-state index in [1.807, 2.05) is 42.2 Å². The first-order chi connectivity index (χ1) is 12.5. The largest absolute Gasteiger partial charge is 0.395 e. The molecule has 0 radical (unpaired) electrons. The van der Waals surface area contributed by atoms with Crippen molar-refractivity contribution in [2.45, 2.75) is 25.2 Å². The Hall–Kier alpha value is -1.74. The summed E-state index contributed by atoms with van der Waals surface area (Å²) in [6.45, 7) is 4.41. The highest BCUT2D eigenvalue weighted by molar-refractivity contribution is 7.91. The Morgan fingerprint density at radius 2 is 2.00 bits per heavy atom. The molecular formula is C18H27N3O4S. The third kappa shape index (κ3) is 5.38. The normalized spacial score (nSPS) is 12.0. The molecular weight excluding hydrogens is 354 g/mol. The number of nitrogens with zero attached hydrogens (tertiary/aromatic N) is 3. The van der Waals surface area contributed by atoms with E-state index in [0.29, 0.717) is 19.6 Å². The Balaban J connectivity index is 2.38. The van der Waals surface area contributed by atoms with Crippen molar-refractivity contribution >= 4 is 9.84 Å². The maximum Gasteiger partial charge on any atom is 0.228 e. The van der Waals surface area contributed by atoms with Crippen LogP contribution in [0.3, 0.4) is 0 Å². The molecule has 0 atom stereocenters. The van der Waals surface area contributed by atoms with Crippen LogP contribution in [0.15, 0.2) is 41.7 Å². The zero-order chi connectivity index (χ0) is 19.0. The summed E-state index contributed by atoms with van der Waals surface area (Å²) in [6, 6.07) is 9.69. The van der Waals surface area contributed by atoms with Crippen molar-refractivity contribution in [2.75, 3.05) is 39.2 Å². The number of aromatic nitrogens is 2. The van der Waals surface area contributed by atoms with E-state index in [1.165, 1.54) is 7.11 Å². The molecule has 8 heteroatoms. The fourth-order valence-corrected chi connectivity index (χ4v) is 4.00. The summed E-state index contributed by atoms with van der Waals surface area (Å²) in [5.74, 6) is -0.108. The van der Waals surface area contributed by atoms with Gasteiger partial charge in [-0.25, -0.2) is 13.4 Å². The van der Waals surface area contributed by atoms with Crippen LogP contribution in [0.4, 0.5) is 0 Å². The van der Waals surface area contributed by atoms with Crippen molar-refractivity contribution in [3.8, 4) is 0 Å². The monoisotopic (exact) mass is 381 g/mol. The predicted molar refractivity (Wildman–Crippen MR) is 99.7 cm³/mol. The molecule has 7 nitrogen and oxygen atoms in total. The lowest BCUT2D eigenvalue weighted by atomic mass is 10.2. The molecule has 0 aliphatic rings. The molecule has 2 rings (SSSR count). The zero-order valence-corrected chi connectivity index (χ0v) is 16.2. The maximum absolute atomic E-state index is 12.7. The van der Waals surface area contributed by atoms with Gasteiger partial charge in [-0.1, -0.05) is 37.3 Å². The average Bonchev–Trinajstić information content (AvgIpc) is 3.03. The summed E-state index contributed by atoms with van der Waals surface area (Å²) in [6.07, 6.45) is 1.61. The van der Waals surface area contributed by atoms with Crippen LogP contribution in [0.5, 0.6) is 0 Å². The van der Waals surface area contributed by atoms with E-state index in [0.717, 1.165) is 17.8 Å². The van der Waals surface area contributed by atoms with Gasteiger partial charge in [0.05, 0.1) is 37.4 Å². The lowest BCUT2D eigenvalue weighted by Crippen LogP contribution is -2.28. The van der Waals surface area contributed by atoms with Gasteiger partial charge in [0, 0.05) is 20.2 Å². The van der Waals surface area contributed by atoms with E-state index in [2.05, 4.69) is 4.98 Å². The average molecular weight is 381 g/mol. The second-order valence-corrected chi connectivity index (χ2v) is 8.01. The van der Waals surface area contributed by atoms with Crippen LogP contribution >= 0.6 is 0 Å². The molecule has 0 spiro atoms. The standard InChI is InChI=1S/C18H27N3O4S/c1-3-20(9-10-22)15-17-13-19-18(26(23,24)12-11-25-2)21(17)14-16-7-5-4-6-8-16/h4-8,13,22H,3,9-12,14-15H2,1-2H3. The molecule has 2 aromatic rings. The van der Waals surface area contributed by atoms with Crippen LogP contribution in [-0.2, 0) is 27.7 Å². The van der Waals surface area contributed by atoms with Gasteiger partial charge in [-0.05, 0) is 12.1 Å². The van der Waals surface area contributed by atoms with Crippen molar-refractivity contribution in [1.29, 1.82) is 0 Å². The molecule has 1 aromatic heterocycles. The first-order valence-electron chi connectivity index (χ1n) is 8.65. The molecule has 0 unspecified atom stereocenters. The lowest BCUT2D eigenvalue weighted by molar-refractivity contribution is 0.193. The summed E-state index contributed by atoms with van der Waals surface area (Å²) in [5, 5.41) is 9.27. The Morgan fingerprint density at radius 3 is 2.62 bits per heavy atom. The number of aliphatic hydroxyl groups is 1. The van der Waals surface area contributed by atoms with Gasteiger partial charge in [0.1, 0.15) is 0 Å². The van der Waals surface area contributed by atoms with E-state index in [1.54, 1.807) is 10.8 Å². The molecule has 0 amide bonds. The van der Waals surface area contributed by atoms with Crippen LogP contribution in [0, 0.1) is 0 Å². The quantitative estimate of drug-likeness (QED) is 0.629. The molecule has 144 valence electrons. The highest BCUT2D eigenvalue weighted by Gasteiger charge is 2.24. The Labute approximate surface area is 155 Å². The molecule has 0 bridgehead atoms. The minimum absolute atomic E-state index is 0.0552. The Morgan fingerprint density at radius 1 is 1.27 bits per heavy atom. The minimum Gasteiger partial charge on any atom is -0.395 e. The molecule has 26 heavy (non-hydrogen) atoms. The minimum atomic E-state index is -3.55. The van der Waals surface area contributed by atoms with Crippen LogP contribution in [-0.4, -0.2) is 67.1 Å². The summed E-state index contributed by atoms with van der Waals surface area (Å²) < 4.78 is 32.0. The molecule has 1 heterocycles. The van der Waals surface area contributed by atoms with Crippen LogP contribution in [0.25, 0.3) is 0 Å². The van der Waals surface area contributed by atoms with Gasteiger partial charge in [0.25, 0.3) is 0 Å². The summed E-state index contributed by atoms with van der Waals surface area (Å²) in [4.78, 5) is 6.26. The number of benzene rings is 1. The molecule has 0 fully saturated rings. The molecule has 1 N–H and O–H groups in total. The number of aliphatic hydroxyl groups excluding tert-OH is 1. The Kier molecular flexibility index (Phi) is 7.77. The molecule has 0 aliphatic carbocycles. The first-order valence-corrected chi connectivity index (χ1v) is 10.3. The number of likely N-dealkylation sites (N-methyl/N-ethyl adjacent to an activating group) is 1. The van der Waals surface area contributed by atoms with Gasteiger partial charge in [-0.15, -0.1) is 0 Å². The zero-order valence-electron chi connectivity index (χ0n) is 15.3. The maximum atomic E-state index is 12.7. The van der Waals surface area contributed by atoms with Gasteiger partial charge in [-0.2, -0.15) is 0 Å². The number of ether oxygens (including phenoxy) is 1. The highest BCUT2D eigenvalue weighted by Crippen LogP contribution is 2.17. The van der Waals surface area contributed by atoms with E-state index in [-0.39, 0.29) is 24.1 Å². The van der Waals surface area contributed by atoms with Gasteiger partial charge in [0.15, 0.2) is 0 Å².